The Balaban J connectivity index is 3.49. The van der Waals surface area contributed by atoms with Crippen molar-refractivity contribution in [3.05, 3.63) is 0 Å². The minimum absolute atomic E-state index is 0.271. The third kappa shape index (κ3) is 4.99. The van der Waals surface area contributed by atoms with Crippen LogP contribution in [0.3, 0.4) is 0 Å². The predicted molar refractivity (Wildman–Crippen MR) is 47.4 cm³/mol. The summed E-state index contributed by atoms with van der Waals surface area (Å²) in [6, 6.07) is 0. The zero-order chi connectivity index (χ0) is 7.98. The molecule has 2 nitrogen and oxygen atoms in total. The number of carboxylic acids is 1. The van der Waals surface area contributed by atoms with E-state index >= 15 is 0 Å². The summed E-state index contributed by atoms with van der Waals surface area (Å²) in [6.07, 6.45) is 3.18. The highest BCUT2D eigenvalue weighted by atomic mass is 33.1. The van der Waals surface area contributed by atoms with Crippen molar-refractivity contribution in [3.63, 3.8) is 0 Å². The lowest BCUT2D eigenvalue weighted by molar-refractivity contribution is -0.136. The zero-order valence-electron chi connectivity index (χ0n) is 6.16. The molecule has 1 N–H and O–H groups in total. The molecule has 0 aromatic rings. The van der Waals surface area contributed by atoms with Crippen LogP contribution in [-0.4, -0.2) is 22.6 Å². The molecule has 1 atom stereocenters. The number of carbonyl (C=O) groups is 1. The lowest BCUT2D eigenvalue weighted by Gasteiger charge is -2.07. The summed E-state index contributed by atoms with van der Waals surface area (Å²) in [4.78, 5) is 10.2. The minimum Gasteiger partial charge on any atom is -0.481 e. The molecule has 0 amide bonds. The SMILES string of the molecule is CCC(CC(=O)O)SSC. The first kappa shape index (κ1) is 10.2. The molecule has 0 aliphatic heterocycles. The van der Waals surface area contributed by atoms with E-state index < -0.39 is 5.97 Å². The first-order valence-electron chi connectivity index (χ1n) is 3.12. The Morgan fingerprint density at radius 3 is 2.60 bits per heavy atom. The topological polar surface area (TPSA) is 37.3 Å². The summed E-state index contributed by atoms with van der Waals surface area (Å²) in [7, 11) is 3.27. The van der Waals surface area contributed by atoms with Crippen LogP contribution in [0.15, 0.2) is 0 Å². The summed E-state index contributed by atoms with van der Waals surface area (Å²) >= 11 is 0. The van der Waals surface area contributed by atoms with E-state index in [0.29, 0.717) is 0 Å². The third-order valence-electron chi connectivity index (χ3n) is 1.09. The van der Waals surface area contributed by atoms with Crippen molar-refractivity contribution in [1.82, 2.24) is 0 Å². The van der Waals surface area contributed by atoms with Crippen LogP contribution in [0, 0.1) is 0 Å². The van der Waals surface area contributed by atoms with Crippen molar-refractivity contribution in [1.29, 1.82) is 0 Å². The van der Waals surface area contributed by atoms with Gasteiger partial charge in [0.05, 0.1) is 6.42 Å². The third-order valence-corrected chi connectivity index (χ3v) is 3.45. The number of rotatable bonds is 5. The molecule has 0 aromatic heterocycles. The maximum absolute atomic E-state index is 10.2. The summed E-state index contributed by atoms with van der Waals surface area (Å²) in [5, 5.41) is 8.69. The molecule has 60 valence electrons. The van der Waals surface area contributed by atoms with E-state index in [0.717, 1.165) is 6.42 Å². The van der Waals surface area contributed by atoms with Gasteiger partial charge in [0.25, 0.3) is 0 Å². The van der Waals surface area contributed by atoms with Gasteiger partial charge in [-0.15, -0.1) is 0 Å². The standard InChI is InChI=1S/C6H12O2S2/c1-3-5(10-9-2)4-6(7)8/h5H,3-4H2,1-2H3,(H,7,8). The Morgan fingerprint density at radius 1 is 1.70 bits per heavy atom. The summed E-state index contributed by atoms with van der Waals surface area (Å²) in [6.45, 7) is 2.01. The summed E-state index contributed by atoms with van der Waals surface area (Å²) < 4.78 is 0. The molecule has 0 saturated carbocycles. The Kier molecular flexibility index (Phi) is 6.02. The molecule has 0 spiro atoms. The lowest BCUT2D eigenvalue weighted by atomic mass is 10.2. The number of hydrogen-bond acceptors (Lipinski definition) is 3. The molecule has 0 bridgehead atoms. The van der Waals surface area contributed by atoms with Crippen molar-refractivity contribution in [2.75, 3.05) is 6.26 Å². The maximum atomic E-state index is 10.2. The van der Waals surface area contributed by atoms with Gasteiger partial charge >= 0.3 is 5.97 Å². The van der Waals surface area contributed by atoms with Crippen molar-refractivity contribution in [2.45, 2.75) is 25.0 Å². The Bertz CT molecular complexity index is 106. The fourth-order valence-corrected chi connectivity index (χ4v) is 2.62. The van der Waals surface area contributed by atoms with E-state index in [4.69, 9.17) is 5.11 Å². The maximum Gasteiger partial charge on any atom is 0.304 e. The highest BCUT2D eigenvalue weighted by molar-refractivity contribution is 8.76. The number of carboxylic acid groups (broad SMARTS) is 1. The van der Waals surface area contributed by atoms with Gasteiger partial charge in [0.1, 0.15) is 0 Å². The van der Waals surface area contributed by atoms with Crippen LogP contribution in [-0.2, 0) is 4.79 Å². The fourth-order valence-electron chi connectivity index (χ4n) is 0.577. The van der Waals surface area contributed by atoms with Crippen molar-refractivity contribution >= 4 is 27.6 Å². The Hall–Kier alpha value is 0.170. The van der Waals surface area contributed by atoms with E-state index in [1.807, 2.05) is 13.2 Å². The molecule has 0 rings (SSSR count). The first-order valence-corrected chi connectivity index (χ1v) is 5.74. The van der Waals surface area contributed by atoms with Crippen LogP contribution in [0.25, 0.3) is 0 Å². The Labute approximate surface area is 69.2 Å². The largest absolute Gasteiger partial charge is 0.481 e. The molecular weight excluding hydrogens is 168 g/mol. The quantitative estimate of drug-likeness (QED) is 0.658. The smallest absolute Gasteiger partial charge is 0.304 e. The van der Waals surface area contributed by atoms with Crippen LogP contribution in [0.4, 0.5) is 0 Å². The van der Waals surface area contributed by atoms with Gasteiger partial charge in [-0.1, -0.05) is 28.5 Å². The molecule has 0 fully saturated rings. The second kappa shape index (κ2) is 5.92. The molecule has 10 heavy (non-hydrogen) atoms. The summed E-state index contributed by atoms with van der Waals surface area (Å²) in [5.74, 6) is -0.701. The van der Waals surface area contributed by atoms with Gasteiger partial charge in [-0.25, -0.2) is 0 Å². The monoisotopic (exact) mass is 180 g/mol. The van der Waals surface area contributed by atoms with Crippen molar-refractivity contribution in [2.24, 2.45) is 0 Å². The molecule has 0 aliphatic rings. The lowest BCUT2D eigenvalue weighted by Crippen LogP contribution is -2.07. The molecule has 1 unspecified atom stereocenters. The highest BCUT2D eigenvalue weighted by Gasteiger charge is 2.10. The zero-order valence-corrected chi connectivity index (χ0v) is 7.80. The normalized spacial score (nSPS) is 13.0. The van der Waals surface area contributed by atoms with Crippen molar-refractivity contribution < 1.29 is 9.90 Å². The fraction of sp³-hybridized carbons (Fsp3) is 0.833. The molecule has 4 heteroatoms. The van der Waals surface area contributed by atoms with Crippen LogP contribution in [0.1, 0.15) is 19.8 Å². The molecule has 0 aliphatic carbocycles. The van der Waals surface area contributed by atoms with Crippen molar-refractivity contribution in [3.8, 4) is 0 Å². The van der Waals surface area contributed by atoms with Gasteiger partial charge < -0.3 is 5.11 Å². The van der Waals surface area contributed by atoms with Gasteiger partial charge in [0.15, 0.2) is 0 Å². The Morgan fingerprint density at radius 2 is 2.30 bits per heavy atom. The van der Waals surface area contributed by atoms with Crippen LogP contribution < -0.4 is 0 Å². The molecular formula is C6H12O2S2. The van der Waals surface area contributed by atoms with Gasteiger partial charge in [-0.05, 0) is 12.7 Å². The molecule has 0 saturated heterocycles. The summed E-state index contributed by atoms with van der Waals surface area (Å²) in [5.41, 5.74) is 0. The average molecular weight is 180 g/mol. The van der Waals surface area contributed by atoms with E-state index in [-0.39, 0.29) is 11.7 Å². The number of aliphatic carboxylic acids is 1. The van der Waals surface area contributed by atoms with Crippen LogP contribution in [0.5, 0.6) is 0 Å². The van der Waals surface area contributed by atoms with Gasteiger partial charge in [-0.2, -0.15) is 0 Å². The first-order chi connectivity index (χ1) is 4.70. The van der Waals surface area contributed by atoms with Crippen LogP contribution in [0.2, 0.25) is 0 Å². The van der Waals surface area contributed by atoms with E-state index in [9.17, 15) is 4.79 Å². The molecule has 0 heterocycles. The predicted octanol–water partition coefficient (Wildman–Crippen LogP) is 2.25. The highest BCUT2D eigenvalue weighted by Crippen LogP contribution is 2.27. The second-order valence-corrected chi connectivity index (χ2v) is 4.66. The van der Waals surface area contributed by atoms with Gasteiger partial charge in [0.2, 0.25) is 0 Å². The van der Waals surface area contributed by atoms with Crippen LogP contribution >= 0.6 is 21.6 Å². The molecule has 0 radical (unpaired) electrons. The van der Waals surface area contributed by atoms with E-state index in [1.165, 1.54) is 0 Å². The molecule has 0 aromatic carbocycles. The van der Waals surface area contributed by atoms with E-state index in [1.54, 1.807) is 21.6 Å². The van der Waals surface area contributed by atoms with Gasteiger partial charge in [-0.3, -0.25) is 4.79 Å². The second-order valence-electron chi connectivity index (χ2n) is 1.89. The van der Waals surface area contributed by atoms with Gasteiger partial charge in [0, 0.05) is 5.25 Å². The minimum atomic E-state index is -0.701. The van der Waals surface area contributed by atoms with E-state index in [2.05, 4.69) is 0 Å². The average Bonchev–Trinajstić information content (AvgIpc) is 1.86. The number of hydrogen-bond donors (Lipinski definition) is 1.